The highest BCUT2D eigenvalue weighted by atomic mass is 16.6. The number of alkyl carbamates (subject to hydrolysis) is 1. The first kappa shape index (κ1) is 29.7. The first-order valence-corrected chi connectivity index (χ1v) is 11.8. The van der Waals surface area contributed by atoms with Crippen LogP contribution in [-0.4, -0.2) is 58.1 Å². The highest BCUT2D eigenvalue weighted by molar-refractivity contribution is 5.94. The van der Waals surface area contributed by atoms with Crippen LogP contribution < -0.4 is 16.4 Å². The SMILES string of the molecule is CCCCNC(=O)C(c1ccc(O)c(C)c1)N(C(=O)C(CC(N)=O)NC(=O)OC(C)(C)C)C(C)C. The van der Waals surface area contributed by atoms with Crippen molar-refractivity contribution in [2.24, 2.45) is 5.73 Å². The van der Waals surface area contributed by atoms with Crippen molar-refractivity contribution in [1.82, 2.24) is 15.5 Å². The fraction of sp³-hybridized carbons (Fsp3) is 0.600. The lowest BCUT2D eigenvalue weighted by Gasteiger charge is -2.37. The van der Waals surface area contributed by atoms with Gasteiger partial charge in [-0.2, -0.15) is 0 Å². The van der Waals surface area contributed by atoms with Crippen molar-refractivity contribution in [2.45, 2.75) is 91.5 Å². The number of carbonyl (C=O) groups excluding carboxylic acids is 4. The Bertz CT molecular complexity index is 910. The molecule has 196 valence electrons. The summed E-state index contributed by atoms with van der Waals surface area (Å²) >= 11 is 0. The molecule has 0 aromatic heterocycles. The van der Waals surface area contributed by atoms with E-state index in [9.17, 15) is 24.3 Å². The Morgan fingerprint density at radius 2 is 1.80 bits per heavy atom. The number of aromatic hydroxyl groups is 1. The molecule has 10 nitrogen and oxygen atoms in total. The lowest BCUT2D eigenvalue weighted by Crippen LogP contribution is -2.56. The Hall–Kier alpha value is -3.30. The van der Waals surface area contributed by atoms with Gasteiger partial charge in [-0.05, 0) is 71.2 Å². The maximum atomic E-state index is 13.7. The standard InChI is InChI=1S/C25H40N4O6/c1-8-9-12-27-22(32)21(17-10-11-19(30)16(4)13-17)29(15(2)3)23(33)18(14-20(26)31)28-24(34)35-25(5,6)7/h10-11,13,15,18,21,30H,8-9,12,14H2,1-7H3,(H2,26,31)(H,27,32)(H,28,34). The van der Waals surface area contributed by atoms with Crippen LogP contribution in [0.15, 0.2) is 18.2 Å². The molecule has 0 saturated heterocycles. The molecule has 0 bridgehead atoms. The van der Waals surface area contributed by atoms with E-state index in [1.165, 1.54) is 11.0 Å². The van der Waals surface area contributed by atoms with Gasteiger partial charge in [-0.25, -0.2) is 4.79 Å². The number of nitrogens with two attached hydrogens (primary N) is 1. The summed E-state index contributed by atoms with van der Waals surface area (Å²) in [6.07, 6.45) is 0.273. The molecule has 0 fully saturated rings. The molecule has 1 rings (SSSR count). The summed E-state index contributed by atoms with van der Waals surface area (Å²) in [5.74, 6) is -1.82. The molecule has 4 amide bonds. The summed E-state index contributed by atoms with van der Waals surface area (Å²) in [6, 6.07) is 1.75. The number of nitrogens with zero attached hydrogens (tertiary/aromatic N) is 1. The zero-order chi connectivity index (χ0) is 26.9. The van der Waals surface area contributed by atoms with Gasteiger partial charge in [-0.15, -0.1) is 0 Å². The number of phenolic OH excluding ortho intramolecular Hbond substituents is 1. The van der Waals surface area contributed by atoms with Crippen LogP contribution >= 0.6 is 0 Å². The summed E-state index contributed by atoms with van der Waals surface area (Å²) in [6.45, 7) is 12.6. The molecule has 5 N–H and O–H groups in total. The minimum Gasteiger partial charge on any atom is -0.508 e. The summed E-state index contributed by atoms with van der Waals surface area (Å²) in [5, 5.41) is 15.3. The second-order valence-electron chi connectivity index (χ2n) is 9.80. The normalized spacial score (nSPS) is 13.0. The van der Waals surface area contributed by atoms with E-state index in [4.69, 9.17) is 10.5 Å². The van der Waals surface area contributed by atoms with Crippen LogP contribution in [0.2, 0.25) is 0 Å². The summed E-state index contributed by atoms with van der Waals surface area (Å²) in [7, 11) is 0. The Kier molecular flexibility index (Phi) is 11.0. The smallest absolute Gasteiger partial charge is 0.408 e. The van der Waals surface area contributed by atoms with Gasteiger partial charge in [0.15, 0.2) is 0 Å². The number of amides is 4. The third-order valence-electron chi connectivity index (χ3n) is 5.10. The molecule has 0 aliphatic rings. The number of nitrogens with one attached hydrogen (secondary N) is 2. The molecule has 35 heavy (non-hydrogen) atoms. The van der Waals surface area contributed by atoms with Gasteiger partial charge >= 0.3 is 6.09 Å². The van der Waals surface area contributed by atoms with Gasteiger partial charge in [0.1, 0.15) is 23.4 Å². The lowest BCUT2D eigenvalue weighted by atomic mass is 9.98. The summed E-state index contributed by atoms with van der Waals surface area (Å²) in [4.78, 5) is 52.6. The van der Waals surface area contributed by atoms with Gasteiger partial charge in [0.25, 0.3) is 0 Å². The summed E-state index contributed by atoms with van der Waals surface area (Å²) in [5.41, 5.74) is 5.55. The summed E-state index contributed by atoms with van der Waals surface area (Å²) < 4.78 is 5.25. The average Bonchev–Trinajstić information content (AvgIpc) is 2.71. The lowest BCUT2D eigenvalue weighted by molar-refractivity contribution is -0.145. The van der Waals surface area contributed by atoms with E-state index in [0.29, 0.717) is 17.7 Å². The van der Waals surface area contributed by atoms with Gasteiger partial charge < -0.3 is 31.1 Å². The van der Waals surface area contributed by atoms with Crippen molar-refractivity contribution in [2.75, 3.05) is 6.54 Å². The second kappa shape index (κ2) is 13.0. The number of hydrogen-bond acceptors (Lipinski definition) is 6. The fourth-order valence-electron chi connectivity index (χ4n) is 3.48. The van der Waals surface area contributed by atoms with Gasteiger partial charge in [0, 0.05) is 12.6 Å². The number of phenols is 1. The van der Waals surface area contributed by atoms with Gasteiger partial charge in [-0.1, -0.05) is 19.4 Å². The highest BCUT2D eigenvalue weighted by Crippen LogP contribution is 2.29. The fourth-order valence-corrected chi connectivity index (χ4v) is 3.48. The van der Waals surface area contributed by atoms with Crippen LogP contribution in [0, 0.1) is 6.92 Å². The highest BCUT2D eigenvalue weighted by Gasteiger charge is 2.38. The van der Waals surface area contributed by atoms with E-state index >= 15 is 0 Å². The molecule has 1 aromatic carbocycles. The molecule has 2 unspecified atom stereocenters. The molecule has 0 saturated carbocycles. The zero-order valence-corrected chi connectivity index (χ0v) is 21.8. The van der Waals surface area contributed by atoms with Gasteiger partial charge in [-0.3, -0.25) is 14.4 Å². The number of hydrogen-bond donors (Lipinski definition) is 4. The van der Waals surface area contributed by atoms with E-state index in [0.717, 1.165) is 12.8 Å². The topological polar surface area (TPSA) is 151 Å². The first-order valence-electron chi connectivity index (χ1n) is 11.8. The number of carbonyl (C=O) groups is 4. The largest absolute Gasteiger partial charge is 0.508 e. The first-order chi connectivity index (χ1) is 16.2. The molecule has 0 spiro atoms. The monoisotopic (exact) mass is 492 g/mol. The molecular formula is C25H40N4O6. The predicted molar refractivity (Wildman–Crippen MR) is 132 cm³/mol. The van der Waals surface area contributed by atoms with Gasteiger partial charge in [0.2, 0.25) is 17.7 Å². The van der Waals surface area contributed by atoms with Crippen LogP contribution in [0.3, 0.4) is 0 Å². The van der Waals surface area contributed by atoms with Crippen molar-refractivity contribution in [3.8, 4) is 5.75 Å². The van der Waals surface area contributed by atoms with E-state index < -0.39 is 54.0 Å². The minimum absolute atomic E-state index is 0.0551. The van der Waals surface area contributed by atoms with Crippen molar-refractivity contribution in [3.05, 3.63) is 29.3 Å². The van der Waals surface area contributed by atoms with Crippen molar-refractivity contribution < 1.29 is 29.0 Å². The molecular weight excluding hydrogens is 452 g/mol. The molecule has 1 aromatic rings. The number of ether oxygens (including phenoxy) is 1. The van der Waals surface area contributed by atoms with Crippen LogP contribution in [0.4, 0.5) is 4.79 Å². The number of primary amides is 1. The quantitative estimate of drug-likeness (QED) is 0.349. The molecule has 0 aliphatic carbocycles. The van der Waals surface area contributed by atoms with Crippen LogP contribution in [0.5, 0.6) is 5.75 Å². The van der Waals surface area contributed by atoms with E-state index in [-0.39, 0.29) is 5.75 Å². The average molecular weight is 493 g/mol. The number of aryl methyl sites for hydroxylation is 1. The molecule has 0 radical (unpaired) electrons. The van der Waals surface area contributed by atoms with Crippen molar-refractivity contribution >= 4 is 23.8 Å². The van der Waals surface area contributed by atoms with Crippen LogP contribution in [-0.2, 0) is 19.1 Å². The minimum atomic E-state index is -1.34. The van der Waals surface area contributed by atoms with E-state index in [1.54, 1.807) is 53.7 Å². The predicted octanol–water partition coefficient (Wildman–Crippen LogP) is 2.66. The Balaban J connectivity index is 3.47. The number of benzene rings is 1. The Morgan fingerprint density at radius 1 is 1.17 bits per heavy atom. The van der Waals surface area contributed by atoms with E-state index in [2.05, 4.69) is 10.6 Å². The van der Waals surface area contributed by atoms with Crippen molar-refractivity contribution in [3.63, 3.8) is 0 Å². The van der Waals surface area contributed by atoms with Crippen LogP contribution in [0.1, 0.15) is 78.0 Å². The zero-order valence-electron chi connectivity index (χ0n) is 21.8. The van der Waals surface area contributed by atoms with Gasteiger partial charge in [0.05, 0.1) is 6.42 Å². The maximum Gasteiger partial charge on any atom is 0.408 e. The molecule has 0 aliphatic heterocycles. The maximum absolute atomic E-state index is 13.7. The van der Waals surface area contributed by atoms with Crippen LogP contribution in [0.25, 0.3) is 0 Å². The third-order valence-corrected chi connectivity index (χ3v) is 5.10. The third kappa shape index (κ3) is 9.46. The van der Waals surface area contributed by atoms with E-state index in [1.807, 2.05) is 6.92 Å². The second-order valence-corrected chi connectivity index (χ2v) is 9.80. The number of unbranched alkanes of at least 4 members (excludes halogenated alkanes) is 1. The Morgan fingerprint density at radius 3 is 2.29 bits per heavy atom. The molecule has 2 atom stereocenters. The van der Waals surface area contributed by atoms with Crippen molar-refractivity contribution in [1.29, 1.82) is 0 Å². The Labute approximate surface area is 207 Å². The molecule has 0 heterocycles. The number of rotatable bonds is 11. The molecule has 10 heteroatoms.